The lowest BCUT2D eigenvalue weighted by Gasteiger charge is -2.36. The number of carbonyl (C=O) groups is 1. The van der Waals surface area contributed by atoms with E-state index in [0.717, 1.165) is 53.5 Å². The molecule has 4 heteroatoms. The van der Waals surface area contributed by atoms with Crippen LogP contribution in [0, 0.1) is 12.3 Å². The van der Waals surface area contributed by atoms with Crippen LogP contribution in [0.5, 0.6) is 5.75 Å². The molecule has 1 amide bonds. The number of aryl methyl sites for hydroxylation is 1. The summed E-state index contributed by atoms with van der Waals surface area (Å²) in [5.41, 5.74) is 3.11. The number of pyridine rings is 1. The number of para-hydroxylation sites is 1. The fraction of sp³-hybridized carbons (Fsp3) is 0.333. The zero-order valence-electron chi connectivity index (χ0n) is 16.2. The molecule has 144 valence electrons. The maximum atomic E-state index is 13.5. The second-order valence-electron chi connectivity index (χ2n) is 7.96. The first-order valence-electron chi connectivity index (χ1n) is 10.0. The van der Waals surface area contributed by atoms with Crippen molar-refractivity contribution in [3.63, 3.8) is 0 Å². The summed E-state index contributed by atoms with van der Waals surface area (Å²) in [4.78, 5) is 18.1. The Balaban J connectivity index is 1.63. The van der Waals surface area contributed by atoms with Gasteiger partial charge in [-0.25, -0.2) is 0 Å². The first-order valence-corrected chi connectivity index (χ1v) is 10.0. The molecule has 4 rings (SSSR count). The number of rotatable bonds is 4. The van der Waals surface area contributed by atoms with Crippen LogP contribution in [0.4, 0.5) is 5.69 Å². The highest BCUT2D eigenvalue weighted by molar-refractivity contribution is 5.97. The summed E-state index contributed by atoms with van der Waals surface area (Å²) in [5.74, 6) is 0.314. The molecule has 1 fully saturated rings. The van der Waals surface area contributed by atoms with Crippen LogP contribution in [0.15, 0.2) is 54.6 Å². The second kappa shape index (κ2) is 7.63. The molecule has 28 heavy (non-hydrogen) atoms. The molecular weight excluding hydrogens is 348 g/mol. The Hall–Kier alpha value is -2.88. The van der Waals surface area contributed by atoms with E-state index >= 15 is 0 Å². The van der Waals surface area contributed by atoms with Crippen molar-refractivity contribution in [1.29, 1.82) is 0 Å². The number of hydrogen-bond acceptors (Lipinski definition) is 3. The van der Waals surface area contributed by atoms with Crippen LogP contribution < -0.4 is 5.32 Å². The number of anilines is 1. The van der Waals surface area contributed by atoms with Crippen LogP contribution >= 0.6 is 0 Å². The average Bonchev–Trinajstić information content (AvgIpc) is 2.69. The molecule has 1 aliphatic carbocycles. The third-order valence-corrected chi connectivity index (χ3v) is 5.91. The maximum absolute atomic E-state index is 13.5. The van der Waals surface area contributed by atoms with E-state index in [-0.39, 0.29) is 11.7 Å². The van der Waals surface area contributed by atoms with Crippen LogP contribution in [-0.4, -0.2) is 16.0 Å². The van der Waals surface area contributed by atoms with Crippen molar-refractivity contribution in [2.45, 2.75) is 45.4 Å². The van der Waals surface area contributed by atoms with E-state index in [1.165, 1.54) is 6.42 Å². The normalized spacial score (nSPS) is 16.0. The Morgan fingerprint density at radius 1 is 1.07 bits per heavy atom. The predicted molar refractivity (Wildman–Crippen MR) is 112 cm³/mol. The highest BCUT2D eigenvalue weighted by Gasteiger charge is 2.39. The quantitative estimate of drug-likeness (QED) is 0.644. The van der Waals surface area contributed by atoms with E-state index in [4.69, 9.17) is 0 Å². The first kappa shape index (κ1) is 18.5. The molecule has 1 saturated carbocycles. The maximum Gasteiger partial charge on any atom is 0.230 e. The molecule has 2 aromatic carbocycles. The smallest absolute Gasteiger partial charge is 0.230 e. The van der Waals surface area contributed by atoms with E-state index in [2.05, 4.69) is 10.3 Å². The van der Waals surface area contributed by atoms with Gasteiger partial charge in [0.1, 0.15) is 5.75 Å². The summed E-state index contributed by atoms with van der Waals surface area (Å²) in [6.45, 7) is 1.94. The number of phenols is 1. The average molecular weight is 374 g/mol. The largest absolute Gasteiger partial charge is 0.508 e. The van der Waals surface area contributed by atoms with Gasteiger partial charge in [0.2, 0.25) is 5.91 Å². The molecule has 4 nitrogen and oxygen atoms in total. The molecular formula is C24H26N2O2. The Kier molecular flexibility index (Phi) is 5.03. The minimum absolute atomic E-state index is 0.0655. The van der Waals surface area contributed by atoms with Crippen LogP contribution in [0.3, 0.4) is 0 Å². The summed E-state index contributed by atoms with van der Waals surface area (Å²) in [6, 6.07) is 17.2. The van der Waals surface area contributed by atoms with Gasteiger partial charge in [0.15, 0.2) is 0 Å². The summed E-state index contributed by atoms with van der Waals surface area (Å²) < 4.78 is 0. The number of nitrogens with one attached hydrogen (secondary N) is 1. The van der Waals surface area contributed by atoms with Crippen molar-refractivity contribution < 1.29 is 9.90 Å². The zero-order valence-corrected chi connectivity index (χ0v) is 16.2. The van der Waals surface area contributed by atoms with Gasteiger partial charge in [0, 0.05) is 5.39 Å². The third-order valence-electron chi connectivity index (χ3n) is 5.91. The Labute approximate surface area is 165 Å². The van der Waals surface area contributed by atoms with Gasteiger partial charge in [-0.05, 0) is 56.0 Å². The molecule has 1 aliphatic rings. The van der Waals surface area contributed by atoms with Gasteiger partial charge >= 0.3 is 0 Å². The fourth-order valence-corrected chi connectivity index (χ4v) is 4.36. The van der Waals surface area contributed by atoms with E-state index < -0.39 is 5.41 Å². The van der Waals surface area contributed by atoms with Gasteiger partial charge in [-0.2, -0.15) is 0 Å². The van der Waals surface area contributed by atoms with Gasteiger partial charge < -0.3 is 10.4 Å². The minimum atomic E-state index is -0.440. The summed E-state index contributed by atoms with van der Waals surface area (Å²) in [5, 5.41) is 14.0. The number of amides is 1. The summed E-state index contributed by atoms with van der Waals surface area (Å²) in [6.07, 6.45) is 5.67. The lowest BCUT2D eigenvalue weighted by Crippen LogP contribution is -2.40. The number of fused-ring (bicyclic) bond motifs is 1. The standard InChI is InChI=1S/C24H26N2O2/c1-17-22(15-19-9-3-4-11-21(19)25-17)26-23(28)24(12-5-2-6-13-24)16-18-8-7-10-20(27)14-18/h3-4,7-11,14-15,27H,2,5-6,12-13,16H2,1H3,(H,26,28). The summed E-state index contributed by atoms with van der Waals surface area (Å²) in [7, 11) is 0. The third kappa shape index (κ3) is 3.72. The van der Waals surface area contributed by atoms with Gasteiger partial charge in [-0.3, -0.25) is 9.78 Å². The van der Waals surface area contributed by atoms with Crippen molar-refractivity contribution >= 4 is 22.5 Å². The molecule has 2 N–H and O–H groups in total. The molecule has 1 aromatic heterocycles. The van der Waals surface area contributed by atoms with Crippen LogP contribution in [0.1, 0.15) is 43.4 Å². The van der Waals surface area contributed by atoms with Crippen molar-refractivity contribution in [3.8, 4) is 5.75 Å². The van der Waals surface area contributed by atoms with E-state index in [1.54, 1.807) is 12.1 Å². The Morgan fingerprint density at radius 2 is 1.86 bits per heavy atom. The van der Waals surface area contributed by atoms with Gasteiger partial charge in [0.25, 0.3) is 0 Å². The van der Waals surface area contributed by atoms with Crippen molar-refractivity contribution in [2.24, 2.45) is 5.41 Å². The molecule has 0 spiro atoms. The zero-order chi connectivity index (χ0) is 19.6. The molecule has 0 saturated heterocycles. The summed E-state index contributed by atoms with van der Waals surface area (Å²) >= 11 is 0. The second-order valence-corrected chi connectivity index (χ2v) is 7.96. The van der Waals surface area contributed by atoms with Gasteiger partial charge in [-0.1, -0.05) is 49.6 Å². The van der Waals surface area contributed by atoms with Crippen molar-refractivity contribution in [1.82, 2.24) is 4.98 Å². The monoisotopic (exact) mass is 374 g/mol. The molecule has 0 aliphatic heterocycles. The molecule has 0 unspecified atom stereocenters. The first-order chi connectivity index (χ1) is 13.6. The highest BCUT2D eigenvalue weighted by Crippen LogP contribution is 2.41. The topological polar surface area (TPSA) is 62.2 Å². The Bertz CT molecular complexity index is 1010. The molecule has 3 aromatic rings. The van der Waals surface area contributed by atoms with E-state index in [9.17, 15) is 9.90 Å². The number of nitrogens with zero attached hydrogens (tertiary/aromatic N) is 1. The van der Waals surface area contributed by atoms with Gasteiger partial charge in [0.05, 0.1) is 22.3 Å². The van der Waals surface area contributed by atoms with Crippen LogP contribution in [-0.2, 0) is 11.2 Å². The van der Waals surface area contributed by atoms with E-state index in [0.29, 0.717) is 6.42 Å². The molecule has 0 radical (unpaired) electrons. The van der Waals surface area contributed by atoms with Crippen LogP contribution in [0.25, 0.3) is 10.9 Å². The molecule has 0 bridgehead atoms. The van der Waals surface area contributed by atoms with Crippen molar-refractivity contribution in [2.75, 3.05) is 5.32 Å². The SMILES string of the molecule is Cc1nc2ccccc2cc1NC(=O)C1(Cc2cccc(O)c2)CCCCC1. The van der Waals surface area contributed by atoms with Gasteiger partial charge in [-0.15, -0.1) is 0 Å². The van der Waals surface area contributed by atoms with Crippen molar-refractivity contribution in [3.05, 3.63) is 65.9 Å². The number of carbonyl (C=O) groups excluding carboxylic acids is 1. The minimum Gasteiger partial charge on any atom is -0.508 e. The number of phenolic OH excluding ortho intramolecular Hbond substituents is 1. The Morgan fingerprint density at radius 3 is 2.64 bits per heavy atom. The van der Waals surface area contributed by atoms with E-state index in [1.807, 2.05) is 49.4 Å². The number of aromatic hydroxyl groups is 1. The predicted octanol–water partition coefficient (Wildman–Crippen LogP) is 5.38. The number of benzene rings is 2. The lowest BCUT2D eigenvalue weighted by atomic mass is 9.69. The molecule has 0 atom stereocenters. The fourth-order valence-electron chi connectivity index (χ4n) is 4.36. The number of hydrogen-bond donors (Lipinski definition) is 2. The number of aromatic nitrogens is 1. The van der Waals surface area contributed by atoms with Crippen LogP contribution in [0.2, 0.25) is 0 Å². The molecule has 1 heterocycles. The highest BCUT2D eigenvalue weighted by atomic mass is 16.3. The lowest BCUT2D eigenvalue weighted by molar-refractivity contribution is -0.127.